The summed E-state index contributed by atoms with van der Waals surface area (Å²) in [5.74, 6) is -1.24. The van der Waals surface area contributed by atoms with Crippen LogP contribution < -0.4 is 0 Å². The topological polar surface area (TPSA) is 66.9 Å². The molecule has 0 aromatic rings. The van der Waals surface area contributed by atoms with Gasteiger partial charge in [-0.2, -0.15) is 0 Å². The molecular weight excluding hydrogens is 284 g/mol. The summed E-state index contributed by atoms with van der Waals surface area (Å²) in [5, 5.41) is 0. The Morgan fingerprint density at radius 2 is 2.09 bits per heavy atom. The minimum Gasteiger partial charge on any atom is -0.455 e. The van der Waals surface area contributed by atoms with E-state index in [1.54, 1.807) is 9.80 Å². The van der Waals surface area contributed by atoms with Crippen molar-refractivity contribution in [1.82, 2.24) is 9.80 Å². The normalized spacial score (nSPS) is 17.8. The lowest BCUT2D eigenvalue weighted by atomic mass is 10.1. The second-order valence-electron chi connectivity index (χ2n) is 6.01. The van der Waals surface area contributed by atoms with Gasteiger partial charge in [0, 0.05) is 32.1 Å². The van der Waals surface area contributed by atoms with E-state index in [0.717, 1.165) is 5.57 Å². The first-order chi connectivity index (χ1) is 10.3. The van der Waals surface area contributed by atoms with Gasteiger partial charge in [-0.25, -0.2) is 0 Å². The summed E-state index contributed by atoms with van der Waals surface area (Å²) in [4.78, 5) is 39.0. The van der Waals surface area contributed by atoms with Gasteiger partial charge in [0.05, 0.1) is 5.92 Å². The molecule has 6 nitrogen and oxygen atoms in total. The Hall–Kier alpha value is -1.85. The van der Waals surface area contributed by atoms with Crippen LogP contribution in [-0.2, 0) is 19.1 Å². The van der Waals surface area contributed by atoms with E-state index in [4.69, 9.17) is 4.74 Å². The van der Waals surface area contributed by atoms with E-state index in [0.29, 0.717) is 19.6 Å². The molecule has 1 atom stereocenters. The molecule has 1 aliphatic heterocycles. The Morgan fingerprint density at radius 1 is 1.45 bits per heavy atom. The largest absolute Gasteiger partial charge is 0.455 e. The Bertz CT molecular complexity index is 459. The average molecular weight is 310 g/mol. The smallest absolute Gasteiger partial charge is 0.311 e. The lowest BCUT2D eigenvalue weighted by molar-refractivity contribution is -0.155. The Kier molecular flexibility index (Phi) is 6.59. The number of hydrogen-bond donors (Lipinski definition) is 0. The third-order valence-corrected chi connectivity index (χ3v) is 3.65. The van der Waals surface area contributed by atoms with Crippen LogP contribution in [0.25, 0.3) is 0 Å². The second-order valence-corrected chi connectivity index (χ2v) is 6.01. The van der Waals surface area contributed by atoms with Crippen molar-refractivity contribution in [2.24, 2.45) is 5.92 Å². The van der Waals surface area contributed by atoms with Gasteiger partial charge in [0.2, 0.25) is 5.91 Å². The zero-order valence-corrected chi connectivity index (χ0v) is 13.9. The van der Waals surface area contributed by atoms with Gasteiger partial charge in [0.25, 0.3) is 5.91 Å². The van der Waals surface area contributed by atoms with Gasteiger partial charge in [-0.1, -0.05) is 12.2 Å². The van der Waals surface area contributed by atoms with E-state index in [-0.39, 0.29) is 30.9 Å². The SMILES string of the molecule is C=C(C)CN(CC)C(=O)COC(=O)C1CC(=O)N(C(C)C)C1. The quantitative estimate of drug-likeness (QED) is 0.524. The van der Waals surface area contributed by atoms with Crippen molar-refractivity contribution in [3.8, 4) is 0 Å². The summed E-state index contributed by atoms with van der Waals surface area (Å²) in [6.45, 7) is 12.4. The molecule has 0 radical (unpaired) electrons. The summed E-state index contributed by atoms with van der Waals surface area (Å²) < 4.78 is 5.09. The van der Waals surface area contributed by atoms with Gasteiger partial charge in [-0.05, 0) is 27.7 Å². The molecule has 1 rings (SSSR count). The number of likely N-dealkylation sites (tertiary alicyclic amines) is 1. The molecule has 1 aliphatic rings. The summed E-state index contributed by atoms with van der Waals surface area (Å²) >= 11 is 0. The monoisotopic (exact) mass is 310 g/mol. The maximum absolute atomic E-state index is 12.0. The summed E-state index contributed by atoms with van der Waals surface area (Å²) in [5.41, 5.74) is 0.871. The zero-order chi connectivity index (χ0) is 16.9. The van der Waals surface area contributed by atoms with E-state index in [1.165, 1.54) is 0 Å². The van der Waals surface area contributed by atoms with Gasteiger partial charge < -0.3 is 14.5 Å². The first-order valence-electron chi connectivity index (χ1n) is 7.64. The van der Waals surface area contributed by atoms with E-state index < -0.39 is 11.9 Å². The number of esters is 1. The summed E-state index contributed by atoms with van der Waals surface area (Å²) in [7, 11) is 0. The average Bonchev–Trinajstić information content (AvgIpc) is 2.83. The summed E-state index contributed by atoms with van der Waals surface area (Å²) in [6, 6.07) is 0.0677. The van der Waals surface area contributed by atoms with Crippen molar-refractivity contribution in [2.75, 3.05) is 26.2 Å². The van der Waals surface area contributed by atoms with Crippen LogP contribution in [0.4, 0.5) is 0 Å². The van der Waals surface area contributed by atoms with Crippen molar-refractivity contribution >= 4 is 17.8 Å². The lowest BCUT2D eigenvalue weighted by Crippen LogP contribution is -2.36. The molecule has 0 spiro atoms. The van der Waals surface area contributed by atoms with Crippen molar-refractivity contribution in [3.63, 3.8) is 0 Å². The molecular formula is C16H26N2O4. The molecule has 0 saturated carbocycles. The highest BCUT2D eigenvalue weighted by Gasteiger charge is 2.36. The fraction of sp³-hybridized carbons (Fsp3) is 0.688. The van der Waals surface area contributed by atoms with Crippen molar-refractivity contribution in [3.05, 3.63) is 12.2 Å². The first kappa shape index (κ1) is 18.2. The molecule has 1 saturated heterocycles. The molecule has 0 N–H and O–H groups in total. The van der Waals surface area contributed by atoms with Gasteiger partial charge in [-0.3, -0.25) is 14.4 Å². The highest BCUT2D eigenvalue weighted by atomic mass is 16.5. The molecule has 0 aromatic carbocycles. The lowest BCUT2D eigenvalue weighted by Gasteiger charge is -2.22. The van der Waals surface area contributed by atoms with E-state index in [1.807, 2.05) is 27.7 Å². The number of hydrogen-bond acceptors (Lipinski definition) is 4. The maximum Gasteiger partial charge on any atom is 0.311 e. The van der Waals surface area contributed by atoms with Crippen LogP contribution in [0.1, 0.15) is 34.1 Å². The minimum absolute atomic E-state index is 0.0410. The van der Waals surface area contributed by atoms with Crippen LogP contribution in [0, 0.1) is 5.92 Å². The number of ether oxygens (including phenoxy) is 1. The van der Waals surface area contributed by atoms with Gasteiger partial charge in [-0.15, -0.1) is 0 Å². The molecule has 1 heterocycles. The standard InChI is InChI=1S/C16H26N2O4/c1-6-17(8-11(2)3)15(20)10-22-16(21)13-7-14(19)18(9-13)12(4)5/h12-13H,2,6-10H2,1,3-5H3. The van der Waals surface area contributed by atoms with Crippen LogP contribution in [0.2, 0.25) is 0 Å². The van der Waals surface area contributed by atoms with Crippen molar-refractivity contribution in [1.29, 1.82) is 0 Å². The number of carbonyl (C=O) groups is 3. The Labute approximate surface area is 132 Å². The number of carbonyl (C=O) groups excluding carboxylic acids is 3. The van der Waals surface area contributed by atoms with E-state index in [2.05, 4.69) is 6.58 Å². The van der Waals surface area contributed by atoms with E-state index in [9.17, 15) is 14.4 Å². The number of likely N-dealkylation sites (N-methyl/N-ethyl adjacent to an activating group) is 1. The third kappa shape index (κ3) is 4.86. The Balaban J connectivity index is 2.48. The fourth-order valence-corrected chi connectivity index (χ4v) is 2.43. The summed E-state index contributed by atoms with van der Waals surface area (Å²) in [6.07, 6.45) is 0.161. The Morgan fingerprint density at radius 3 is 2.55 bits per heavy atom. The minimum atomic E-state index is -0.476. The van der Waals surface area contributed by atoms with Crippen LogP contribution in [0.15, 0.2) is 12.2 Å². The predicted molar refractivity (Wildman–Crippen MR) is 83.0 cm³/mol. The fourth-order valence-electron chi connectivity index (χ4n) is 2.43. The highest BCUT2D eigenvalue weighted by molar-refractivity contribution is 5.88. The molecule has 0 bridgehead atoms. The molecule has 124 valence electrons. The van der Waals surface area contributed by atoms with Crippen molar-refractivity contribution < 1.29 is 19.1 Å². The third-order valence-electron chi connectivity index (χ3n) is 3.65. The molecule has 2 amide bonds. The van der Waals surface area contributed by atoms with Crippen LogP contribution in [-0.4, -0.2) is 59.9 Å². The van der Waals surface area contributed by atoms with Gasteiger partial charge >= 0.3 is 5.97 Å². The molecule has 0 aromatic heterocycles. The maximum atomic E-state index is 12.0. The molecule has 0 aliphatic carbocycles. The van der Waals surface area contributed by atoms with Gasteiger partial charge in [0.15, 0.2) is 6.61 Å². The second kappa shape index (κ2) is 7.96. The number of nitrogens with zero attached hydrogens (tertiary/aromatic N) is 2. The number of rotatable bonds is 7. The van der Waals surface area contributed by atoms with Crippen LogP contribution >= 0.6 is 0 Å². The van der Waals surface area contributed by atoms with Crippen LogP contribution in [0.5, 0.6) is 0 Å². The molecule has 6 heteroatoms. The first-order valence-corrected chi connectivity index (χ1v) is 7.64. The van der Waals surface area contributed by atoms with E-state index >= 15 is 0 Å². The number of amides is 2. The van der Waals surface area contributed by atoms with Gasteiger partial charge in [0.1, 0.15) is 0 Å². The molecule has 1 unspecified atom stereocenters. The van der Waals surface area contributed by atoms with Crippen molar-refractivity contribution in [2.45, 2.75) is 40.2 Å². The van der Waals surface area contributed by atoms with Crippen LogP contribution in [0.3, 0.4) is 0 Å². The molecule has 22 heavy (non-hydrogen) atoms. The molecule has 1 fully saturated rings. The zero-order valence-electron chi connectivity index (χ0n) is 13.9. The highest BCUT2D eigenvalue weighted by Crippen LogP contribution is 2.21. The predicted octanol–water partition coefficient (Wildman–Crippen LogP) is 1.21.